The molecular formula is C9H14N4O3. The Labute approximate surface area is 93.0 Å². The molecule has 1 heterocycles. The number of hydrogen-bond acceptors (Lipinski definition) is 5. The second kappa shape index (κ2) is 6.05. The Hall–Kier alpha value is -1.65. The summed E-state index contributed by atoms with van der Waals surface area (Å²) < 4.78 is 0. The van der Waals surface area contributed by atoms with Crippen LogP contribution in [0.4, 0.5) is 0 Å². The fourth-order valence-corrected chi connectivity index (χ4v) is 1.56. The molecule has 3 N–H and O–H groups in total. The highest BCUT2D eigenvalue weighted by Crippen LogP contribution is 2.02. The molecule has 1 rings (SSSR count). The lowest BCUT2D eigenvalue weighted by atomic mass is 10.2. The van der Waals surface area contributed by atoms with E-state index in [9.17, 15) is 9.59 Å². The van der Waals surface area contributed by atoms with Crippen LogP contribution >= 0.6 is 0 Å². The number of amides is 1. The fraction of sp³-hybridized carbons (Fsp3) is 0.667. The smallest absolute Gasteiger partial charge is 0.322 e. The second-order valence-corrected chi connectivity index (χ2v) is 3.46. The number of nitriles is 1. The largest absolute Gasteiger partial charge is 0.480 e. The Kier molecular flexibility index (Phi) is 4.69. The van der Waals surface area contributed by atoms with E-state index in [1.54, 1.807) is 11.0 Å². The molecule has 0 aromatic rings. The number of nitrogens with one attached hydrogen (secondary N) is 2. The Morgan fingerprint density at radius 3 is 3.00 bits per heavy atom. The molecule has 0 aromatic heterocycles. The number of carbonyl (C=O) groups excluding carboxylic acids is 1. The Bertz CT molecular complexity index is 312. The molecule has 0 spiro atoms. The van der Waals surface area contributed by atoms with Crippen LogP contribution in [0.2, 0.25) is 0 Å². The lowest BCUT2D eigenvalue weighted by Gasteiger charge is -2.32. The molecule has 7 heteroatoms. The number of carbonyl (C=O) groups is 2. The monoisotopic (exact) mass is 226 g/mol. The summed E-state index contributed by atoms with van der Waals surface area (Å²) in [5.74, 6) is -1.27. The van der Waals surface area contributed by atoms with Crippen LogP contribution in [0.1, 0.15) is 0 Å². The first kappa shape index (κ1) is 12.4. The van der Waals surface area contributed by atoms with E-state index in [1.165, 1.54) is 0 Å². The van der Waals surface area contributed by atoms with Crippen molar-refractivity contribution in [2.75, 3.05) is 32.7 Å². The summed E-state index contributed by atoms with van der Waals surface area (Å²) in [6, 6.07) is 1.11. The van der Waals surface area contributed by atoms with E-state index in [2.05, 4.69) is 10.6 Å². The Morgan fingerprint density at radius 2 is 2.38 bits per heavy atom. The molecule has 1 saturated heterocycles. The molecule has 1 unspecified atom stereocenters. The minimum atomic E-state index is -0.944. The van der Waals surface area contributed by atoms with Gasteiger partial charge in [0.05, 0.1) is 12.6 Å². The van der Waals surface area contributed by atoms with E-state index in [1.807, 2.05) is 0 Å². The van der Waals surface area contributed by atoms with Gasteiger partial charge in [-0.15, -0.1) is 0 Å². The number of rotatable bonds is 4. The van der Waals surface area contributed by atoms with Crippen LogP contribution in [0.3, 0.4) is 0 Å². The summed E-state index contributed by atoms with van der Waals surface area (Å²) in [6.45, 7) is 1.47. The topological polar surface area (TPSA) is 105 Å². The van der Waals surface area contributed by atoms with Crippen molar-refractivity contribution >= 4 is 11.9 Å². The van der Waals surface area contributed by atoms with Gasteiger partial charge in [0.15, 0.2) is 0 Å². The number of piperazine rings is 1. The molecule has 1 fully saturated rings. The van der Waals surface area contributed by atoms with Crippen molar-refractivity contribution in [3.05, 3.63) is 0 Å². The molecule has 88 valence electrons. The van der Waals surface area contributed by atoms with Crippen LogP contribution in [0.5, 0.6) is 0 Å². The summed E-state index contributed by atoms with van der Waals surface area (Å²) in [5, 5.41) is 22.6. The van der Waals surface area contributed by atoms with Crippen molar-refractivity contribution in [3.8, 4) is 6.07 Å². The lowest BCUT2D eigenvalue weighted by Crippen LogP contribution is -2.57. The molecule has 1 atom stereocenters. The average molecular weight is 226 g/mol. The van der Waals surface area contributed by atoms with Crippen molar-refractivity contribution in [1.29, 1.82) is 5.26 Å². The third-order valence-electron chi connectivity index (χ3n) is 2.35. The number of aliphatic carboxylic acids is 1. The van der Waals surface area contributed by atoms with Gasteiger partial charge in [-0.05, 0) is 0 Å². The molecule has 0 aromatic carbocycles. The van der Waals surface area contributed by atoms with Gasteiger partial charge in [0.2, 0.25) is 5.91 Å². The Balaban J connectivity index is 2.47. The number of nitrogens with zero attached hydrogens (tertiary/aromatic N) is 2. The predicted molar refractivity (Wildman–Crippen MR) is 54.5 cm³/mol. The van der Waals surface area contributed by atoms with Gasteiger partial charge in [0, 0.05) is 19.6 Å². The molecule has 0 bridgehead atoms. The van der Waals surface area contributed by atoms with Gasteiger partial charge < -0.3 is 15.7 Å². The van der Waals surface area contributed by atoms with Crippen molar-refractivity contribution in [1.82, 2.24) is 15.5 Å². The van der Waals surface area contributed by atoms with Crippen LogP contribution in [0, 0.1) is 11.3 Å². The zero-order valence-electron chi connectivity index (χ0n) is 8.77. The maximum Gasteiger partial charge on any atom is 0.322 e. The molecule has 0 saturated carbocycles. The first-order chi connectivity index (χ1) is 7.65. The van der Waals surface area contributed by atoms with Crippen molar-refractivity contribution < 1.29 is 14.7 Å². The van der Waals surface area contributed by atoms with E-state index in [4.69, 9.17) is 10.4 Å². The normalized spacial score (nSPS) is 21.1. The standard InChI is InChI=1S/C9H14N4O3/c10-1-2-12-8(14)6-13-4-3-11-5-7(13)9(15)16/h7,11H,2-6H2,(H,12,14)(H,15,16). The highest BCUT2D eigenvalue weighted by Gasteiger charge is 2.29. The SMILES string of the molecule is N#CCNC(=O)CN1CCNCC1C(=O)O. The quantitative estimate of drug-likeness (QED) is 0.478. The summed E-state index contributed by atoms with van der Waals surface area (Å²) in [6.07, 6.45) is 0. The van der Waals surface area contributed by atoms with Crippen LogP contribution in [-0.2, 0) is 9.59 Å². The van der Waals surface area contributed by atoms with E-state index >= 15 is 0 Å². The van der Waals surface area contributed by atoms with Gasteiger partial charge >= 0.3 is 5.97 Å². The molecule has 0 radical (unpaired) electrons. The Morgan fingerprint density at radius 1 is 1.62 bits per heavy atom. The molecular weight excluding hydrogens is 212 g/mol. The third kappa shape index (κ3) is 3.49. The van der Waals surface area contributed by atoms with Gasteiger partial charge in [0.1, 0.15) is 12.6 Å². The van der Waals surface area contributed by atoms with E-state index in [-0.39, 0.29) is 19.0 Å². The van der Waals surface area contributed by atoms with Gasteiger partial charge in [-0.3, -0.25) is 14.5 Å². The van der Waals surface area contributed by atoms with E-state index in [0.29, 0.717) is 19.6 Å². The summed E-state index contributed by atoms with van der Waals surface area (Å²) >= 11 is 0. The van der Waals surface area contributed by atoms with Crippen LogP contribution in [-0.4, -0.2) is 60.6 Å². The molecule has 1 aliphatic rings. The minimum Gasteiger partial charge on any atom is -0.480 e. The fourth-order valence-electron chi connectivity index (χ4n) is 1.56. The maximum atomic E-state index is 11.3. The molecule has 1 amide bonds. The zero-order valence-corrected chi connectivity index (χ0v) is 8.77. The second-order valence-electron chi connectivity index (χ2n) is 3.46. The molecule has 1 aliphatic heterocycles. The molecule has 16 heavy (non-hydrogen) atoms. The summed E-state index contributed by atoms with van der Waals surface area (Å²) in [4.78, 5) is 23.8. The first-order valence-corrected chi connectivity index (χ1v) is 4.96. The molecule has 0 aliphatic carbocycles. The summed E-state index contributed by atoms with van der Waals surface area (Å²) in [7, 11) is 0. The zero-order chi connectivity index (χ0) is 12.0. The summed E-state index contributed by atoms with van der Waals surface area (Å²) in [5.41, 5.74) is 0. The number of carboxylic acids is 1. The van der Waals surface area contributed by atoms with Gasteiger partial charge in [-0.2, -0.15) is 5.26 Å². The van der Waals surface area contributed by atoms with E-state index in [0.717, 1.165) is 0 Å². The van der Waals surface area contributed by atoms with Crippen LogP contribution in [0.25, 0.3) is 0 Å². The highest BCUT2D eigenvalue weighted by molar-refractivity contribution is 5.80. The van der Waals surface area contributed by atoms with Crippen LogP contribution in [0.15, 0.2) is 0 Å². The van der Waals surface area contributed by atoms with Crippen molar-refractivity contribution in [2.24, 2.45) is 0 Å². The first-order valence-electron chi connectivity index (χ1n) is 4.96. The number of carboxylic acid groups (broad SMARTS) is 1. The molecule has 7 nitrogen and oxygen atoms in total. The van der Waals surface area contributed by atoms with E-state index < -0.39 is 12.0 Å². The predicted octanol–water partition coefficient (Wildman–Crippen LogP) is -2.02. The van der Waals surface area contributed by atoms with Crippen molar-refractivity contribution in [2.45, 2.75) is 6.04 Å². The highest BCUT2D eigenvalue weighted by atomic mass is 16.4. The van der Waals surface area contributed by atoms with Crippen molar-refractivity contribution in [3.63, 3.8) is 0 Å². The van der Waals surface area contributed by atoms with Gasteiger partial charge in [-0.1, -0.05) is 0 Å². The maximum absolute atomic E-state index is 11.3. The van der Waals surface area contributed by atoms with Crippen LogP contribution < -0.4 is 10.6 Å². The lowest BCUT2D eigenvalue weighted by molar-refractivity contribution is -0.144. The average Bonchev–Trinajstić information content (AvgIpc) is 2.27. The number of hydrogen-bond donors (Lipinski definition) is 3. The van der Waals surface area contributed by atoms with Gasteiger partial charge in [-0.25, -0.2) is 0 Å². The third-order valence-corrected chi connectivity index (χ3v) is 2.35. The van der Waals surface area contributed by atoms with Gasteiger partial charge in [0.25, 0.3) is 0 Å². The minimum absolute atomic E-state index is 0.0142.